The van der Waals surface area contributed by atoms with Gasteiger partial charge >= 0.3 is 5.97 Å². The first-order valence-corrected chi connectivity index (χ1v) is 9.77. The number of hydrogen-bond acceptors (Lipinski definition) is 2. The lowest BCUT2D eigenvalue weighted by Crippen LogP contribution is -2.53. The lowest BCUT2D eigenvalue weighted by Gasteiger charge is -2.59. The van der Waals surface area contributed by atoms with Crippen LogP contribution in [0.3, 0.4) is 0 Å². The molecule has 0 N–H and O–H groups in total. The molecule has 0 saturated heterocycles. The Morgan fingerprint density at radius 3 is 2.57 bits per heavy atom. The Hall–Kier alpha value is -0.790. The van der Waals surface area contributed by atoms with Gasteiger partial charge in [0.05, 0.1) is 0 Å². The van der Waals surface area contributed by atoms with Gasteiger partial charge in [-0.05, 0) is 80.5 Å². The van der Waals surface area contributed by atoms with Crippen LogP contribution in [-0.2, 0) is 9.53 Å². The smallest absolute Gasteiger partial charge is 0.302 e. The Bertz CT molecular complexity index is 524. The van der Waals surface area contributed by atoms with Crippen LogP contribution in [-0.4, -0.2) is 12.1 Å². The van der Waals surface area contributed by atoms with Crippen LogP contribution in [0, 0.1) is 34.5 Å². The Labute approximate surface area is 141 Å². The molecular weight excluding hydrogens is 284 g/mol. The molecule has 2 nitrogen and oxygen atoms in total. The van der Waals surface area contributed by atoms with Gasteiger partial charge in [-0.1, -0.05) is 26.0 Å². The average Bonchev–Trinajstić information content (AvgIpc) is 2.83. The molecule has 4 aliphatic rings. The maximum atomic E-state index is 11.5. The number of carbonyl (C=O) groups is 1. The van der Waals surface area contributed by atoms with Crippen LogP contribution in [0.4, 0.5) is 0 Å². The van der Waals surface area contributed by atoms with E-state index < -0.39 is 0 Å². The van der Waals surface area contributed by atoms with E-state index in [-0.39, 0.29) is 17.5 Å². The Kier molecular flexibility index (Phi) is 3.66. The van der Waals surface area contributed by atoms with E-state index in [1.807, 2.05) is 0 Å². The van der Waals surface area contributed by atoms with Crippen LogP contribution >= 0.6 is 0 Å². The fourth-order valence-electron chi connectivity index (χ4n) is 7.18. The first-order valence-electron chi connectivity index (χ1n) is 9.77. The summed E-state index contributed by atoms with van der Waals surface area (Å²) in [5.74, 6) is 3.34. The SMILES string of the molecule is CC(=O)O[C@H]1CC[C@H]2[C@H]3CC[C@H]4CC=CC[C@]4(C)[C@H]3CC[C@]12C. The van der Waals surface area contributed by atoms with Crippen molar-refractivity contribution in [1.29, 1.82) is 0 Å². The van der Waals surface area contributed by atoms with Crippen molar-refractivity contribution < 1.29 is 9.53 Å². The van der Waals surface area contributed by atoms with Crippen LogP contribution in [0.2, 0.25) is 0 Å². The number of ether oxygens (including phenoxy) is 1. The summed E-state index contributed by atoms with van der Waals surface area (Å²) in [6.45, 7) is 6.58. The minimum atomic E-state index is -0.0907. The van der Waals surface area contributed by atoms with Crippen molar-refractivity contribution in [1.82, 2.24) is 0 Å². The van der Waals surface area contributed by atoms with E-state index in [0.29, 0.717) is 5.41 Å². The third-order valence-corrected chi connectivity index (χ3v) is 8.43. The van der Waals surface area contributed by atoms with E-state index in [1.165, 1.54) is 44.9 Å². The molecule has 128 valence electrons. The van der Waals surface area contributed by atoms with E-state index in [1.54, 1.807) is 6.92 Å². The standard InChI is InChI=1S/C21H32O2/c1-14(22)23-19-10-9-17-16-8-7-15-6-4-5-12-20(15,2)18(16)11-13-21(17,19)3/h4-5,15-19H,6-13H2,1-3H3/t15-,16-,17+,18+,19+,20+,21+/m1/s1. The maximum Gasteiger partial charge on any atom is 0.302 e. The van der Waals surface area contributed by atoms with Crippen LogP contribution < -0.4 is 0 Å². The molecular formula is C21H32O2. The first kappa shape index (κ1) is 15.7. The molecule has 3 fully saturated rings. The number of fused-ring (bicyclic) bond motifs is 5. The highest BCUT2D eigenvalue weighted by Gasteiger charge is 2.60. The molecule has 7 atom stereocenters. The monoisotopic (exact) mass is 316 g/mol. The second-order valence-corrected chi connectivity index (χ2v) is 9.29. The van der Waals surface area contributed by atoms with Crippen LogP contribution in [0.15, 0.2) is 12.2 Å². The van der Waals surface area contributed by atoms with Gasteiger partial charge in [0, 0.05) is 12.3 Å². The number of carbonyl (C=O) groups excluding carboxylic acids is 1. The summed E-state index contributed by atoms with van der Waals surface area (Å²) in [4.78, 5) is 11.5. The fourth-order valence-corrected chi connectivity index (χ4v) is 7.18. The minimum Gasteiger partial charge on any atom is -0.462 e. The maximum absolute atomic E-state index is 11.5. The molecule has 0 aromatic rings. The van der Waals surface area contributed by atoms with Gasteiger partial charge < -0.3 is 4.74 Å². The molecule has 4 aliphatic carbocycles. The third kappa shape index (κ3) is 2.23. The molecule has 3 saturated carbocycles. The summed E-state index contributed by atoms with van der Waals surface area (Å²) in [6, 6.07) is 0. The zero-order chi connectivity index (χ0) is 16.2. The highest BCUT2D eigenvalue weighted by molar-refractivity contribution is 5.66. The average molecular weight is 316 g/mol. The second kappa shape index (κ2) is 5.36. The van der Waals surface area contributed by atoms with E-state index in [4.69, 9.17) is 4.74 Å². The van der Waals surface area contributed by atoms with Crippen molar-refractivity contribution in [3.05, 3.63) is 12.2 Å². The van der Waals surface area contributed by atoms with Gasteiger partial charge in [-0.15, -0.1) is 0 Å². The summed E-state index contributed by atoms with van der Waals surface area (Å²) in [5, 5.41) is 0. The largest absolute Gasteiger partial charge is 0.462 e. The van der Waals surface area contributed by atoms with Crippen molar-refractivity contribution >= 4 is 5.97 Å². The molecule has 4 rings (SSSR count). The van der Waals surface area contributed by atoms with Gasteiger partial charge in [-0.3, -0.25) is 4.79 Å². The number of hydrogen-bond donors (Lipinski definition) is 0. The molecule has 2 heteroatoms. The van der Waals surface area contributed by atoms with Gasteiger partial charge in [-0.2, -0.15) is 0 Å². The van der Waals surface area contributed by atoms with Crippen molar-refractivity contribution in [2.45, 2.75) is 78.2 Å². The van der Waals surface area contributed by atoms with Crippen LogP contribution in [0.1, 0.15) is 72.1 Å². The molecule has 0 spiro atoms. The first-order chi connectivity index (χ1) is 10.9. The Morgan fingerprint density at radius 2 is 1.78 bits per heavy atom. The molecule has 0 aromatic heterocycles. The van der Waals surface area contributed by atoms with Crippen LogP contribution in [0.5, 0.6) is 0 Å². The molecule has 0 unspecified atom stereocenters. The van der Waals surface area contributed by atoms with Gasteiger partial charge in [0.2, 0.25) is 0 Å². The van der Waals surface area contributed by atoms with Gasteiger partial charge in [0.1, 0.15) is 6.10 Å². The summed E-state index contributed by atoms with van der Waals surface area (Å²) >= 11 is 0. The van der Waals surface area contributed by atoms with E-state index >= 15 is 0 Å². The summed E-state index contributed by atoms with van der Waals surface area (Å²) in [5.41, 5.74) is 0.763. The van der Waals surface area contributed by atoms with Crippen molar-refractivity contribution in [2.75, 3.05) is 0 Å². The summed E-state index contributed by atoms with van der Waals surface area (Å²) in [7, 11) is 0. The Balaban J connectivity index is 1.60. The highest BCUT2D eigenvalue weighted by Crippen LogP contribution is 2.65. The molecule has 0 aromatic carbocycles. The lowest BCUT2D eigenvalue weighted by molar-refractivity contribution is -0.159. The third-order valence-electron chi connectivity index (χ3n) is 8.43. The van der Waals surface area contributed by atoms with E-state index in [2.05, 4.69) is 26.0 Å². The van der Waals surface area contributed by atoms with Crippen molar-refractivity contribution in [3.8, 4) is 0 Å². The topological polar surface area (TPSA) is 26.3 Å². The molecule has 0 bridgehead atoms. The van der Waals surface area contributed by atoms with E-state index in [0.717, 1.165) is 30.1 Å². The van der Waals surface area contributed by atoms with Crippen LogP contribution in [0.25, 0.3) is 0 Å². The quantitative estimate of drug-likeness (QED) is 0.495. The van der Waals surface area contributed by atoms with Crippen molar-refractivity contribution in [3.63, 3.8) is 0 Å². The second-order valence-electron chi connectivity index (χ2n) is 9.29. The van der Waals surface area contributed by atoms with Gasteiger partial charge in [-0.25, -0.2) is 0 Å². The minimum absolute atomic E-state index is 0.0907. The molecule has 0 aliphatic heterocycles. The Morgan fingerprint density at radius 1 is 1.00 bits per heavy atom. The predicted molar refractivity (Wildman–Crippen MR) is 91.8 cm³/mol. The molecule has 23 heavy (non-hydrogen) atoms. The zero-order valence-electron chi connectivity index (χ0n) is 15.0. The fraction of sp³-hybridized carbons (Fsp3) is 0.857. The number of allylic oxidation sites excluding steroid dienone is 2. The van der Waals surface area contributed by atoms with Gasteiger partial charge in [0.15, 0.2) is 0 Å². The van der Waals surface area contributed by atoms with E-state index in [9.17, 15) is 4.79 Å². The predicted octanol–water partition coefficient (Wildman–Crippen LogP) is 5.13. The zero-order valence-corrected chi connectivity index (χ0v) is 15.0. The van der Waals surface area contributed by atoms with Crippen molar-refractivity contribution in [2.24, 2.45) is 34.5 Å². The normalized spacial score (nSPS) is 51.5. The summed E-state index contributed by atoms with van der Waals surface area (Å²) in [6.07, 6.45) is 15.4. The lowest BCUT2D eigenvalue weighted by atomic mass is 9.46. The number of rotatable bonds is 1. The van der Waals surface area contributed by atoms with Gasteiger partial charge in [0.25, 0.3) is 0 Å². The molecule has 0 heterocycles. The molecule has 0 radical (unpaired) electrons. The number of esters is 1. The highest BCUT2D eigenvalue weighted by atomic mass is 16.5. The summed E-state index contributed by atoms with van der Waals surface area (Å²) < 4.78 is 5.75. The molecule has 0 amide bonds.